The molecular weight excluding hydrogens is 352 g/mol. The third kappa shape index (κ3) is 5.57. The molecule has 7 heteroatoms. The Morgan fingerprint density at radius 2 is 1.96 bits per heavy atom. The van der Waals surface area contributed by atoms with Gasteiger partial charge in [-0.15, -0.1) is 0 Å². The average Bonchev–Trinajstić information content (AvgIpc) is 3.24. The second-order valence-electron chi connectivity index (χ2n) is 6.23. The lowest BCUT2D eigenvalue weighted by Gasteiger charge is -2.14. The lowest BCUT2D eigenvalue weighted by molar-refractivity contribution is 0.397. The minimum atomic E-state index is 0.543. The summed E-state index contributed by atoms with van der Waals surface area (Å²) in [6.45, 7) is 4.82. The Kier molecular flexibility index (Phi) is 7.01. The molecule has 0 aliphatic heterocycles. The van der Waals surface area contributed by atoms with Crippen molar-refractivity contribution in [2.75, 3.05) is 13.7 Å². The molecule has 2 heterocycles. The van der Waals surface area contributed by atoms with Crippen molar-refractivity contribution in [2.24, 2.45) is 4.99 Å². The van der Waals surface area contributed by atoms with Crippen molar-refractivity contribution in [3.8, 4) is 5.88 Å². The summed E-state index contributed by atoms with van der Waals surface area (Å²) in [5.41, 5.74) is 3.47. The van der Waals surface area contributed by atoms with Gasteiger partial charge in [0.1, 0.15) is 0 Å². The van der Waals surface area contributed by atoms with Crippen LogP contribution in [0.25, 0.3) is 0 Å². The molecule has 0 aliphatic carbocycles. The molecule has 0 radical (unpaired) electrons. The quantitative estimate of drug-likeness (QED) is 0.465. The van der Waals surface area contributed by atoms with Crippen LogP contribution in [0, 0.1) is 0 Å². The lowest BCUT2D eigenvalue weighted by Crippen LogP contribution is -2.37. The van der Waals surface area contributed by atoms with Crippen LogP contribution in [-0.4, -0.2) is 34.4 Å². The van der Waals surface area contributed by atoms with Gasteiger partial charge in [-0.25, -0.2) is 9.98 Å². The van der Waals surface area contributed by atoms with Gasteiger partial charge in [0.2, 0.25) is 5.88 Å². The van der Waals surface area contributed by atoms with E-state index in [1.54, 1.807) is 19.5 Å². The molecule has 0 aliphatic rings. The lowest BCUT2D eigenvalue weighted by atomic mass is 10.1. The number of nitrogens with zero attached hydrogens (tertiary/aromatic N) is 4. The standard InChI is InChI=1S/C21H26N6O/c1-3-22-21(24-14-17-9-10-20(28-2)23-13-17)25-15-18-7-4-5-8-19(18)16-27-12-6-11-26-27/h4-13H,3,14-16H2,1-2H3,(H2,22,24,25). The first-order valence-corrected chi connectivity index (χ1v) is 9.33. The maximum Gasteiger partial charge on any atom is 0.212 e. The van der Waals surface area contributed by atoms with Gasteiger partial charge in [-0.2, -0.15) is 5.10 Å². The summed E-state index contributed by atoms with van der Waals surface area (Å²) in [7, 11) is 1.61. The Morgan fingerprint density at radius 1 is 1.11 bits per heavy atom. The summed E-state index contributed by atoms with van der Waals surface area (Å²) in [5, 5.41) is 11.0. The summed E-state index contributed by atoms with van der Waals surface area (Å²) >= 11 is 0. The van der Waals surface area contributed by atoms with E-state index < -0.39 is 0 Å². The van der Waals surface area contributed by atoms with Crippen molar-refractivity contribution in [1.29, 1.82) is 0 Å². The Bertz CT molecular complexity index is 874. The Labute approximate surface area is 165 Å². The number of aromatic nitrogens is 3. The van der Waals surface area contributed by atoms with Crippen LogP contribution in [0.15, 0.2) is 66.0 Å². The Hall–Kier alpha value is -3.35. The number of hydrogen-bond donors (Lipinski definition) is 2. The van der Waals surface area contributed by atoms with Crippen molar-refractivity contribution in [1.82, 2.24) is 25.4 Å². The maximum absolute atomic E-state index is 5.09. The highest BCUT2D eigenvalue weighted by atomic mass is 16.5. The predicted octanol–water partition coefficient (Wildman–Crippen LogP) is 2.59. The number of pyridine rings is 1. The van der Waals surface area contributed by atoms with Gasteiger partial charge >= 0.3 is 0 Å². The third-order valence-corrected chi connectivity index (χ3v) is 4.23. The molecule has 0 bridgehead atoms. The smallest absolute Gasteiger partial charge is 0.212 e. The Balaban J connectivity index is 1.64. The summed E-state index contributed by atoms with van der Waals surface area (Å²) in [6.07, 6.45) is 5.55. The molecule has 0 atom stereocenters. The van der Waals surface area contributed by atoms with Crippen molar-refractivity contribution in [3.05, 3.63) is 77.7 Å². The second-order valence-corrected chi connectivity index (χ2v) is 6.23. The molecule has 7 nitrogen and oxygen atoms in total. The molecule has 0 unspecified atom stereocenters. The fourth-order valence-electron chi connectivity index (χ4n) is 2.77. The molecule has 146 valence electrons. The minimum absolute atomic E-state index is 0.543. The largest absolute Gasteiger partial charge is 0.481 e. The molecule has 3 aromatic rings. The average molecular weight is 378 g/mol. The van der Waals surface area contributed by atoms with E-state index in [9.17, 15) is 0 Å². The number of benzene rings is 1. The molecule has 0 spiro atoms. The summed E-state index contributed by atoms with van der Waals surface area (Å²) in [5.74, 6) is 1.37. The van der Waals surface area contributed by atoms with Gasteiger partial charge in [0.25, 0.3) is 0 Å². The number of aliphatic imine (C=N–C) groups is 1. The van der Waals surface area contributed by atoms with E-state index in [4.69, 9.17) is 4.74 Å². The monoisotopic (exact) mass is 378 g/mol. The molecule has 0 saturated heterocycles. The zero-order valence-corrected chi connectivity index (χ0v) is 16.3. The summed E-state index contributed by atoms with van der Waals surface area (Å²) in [6, 6.07) is 14.1. The van der Waals surface area contributed by atoms with E-state index in [1.807, 2.05) is 29.1 Å². The van der Waals surface area contributed by atoms with Gasteiger partial charge < -0.3 is 15.4 Å². The van der Waals surface area contributed by atoms with Crippen LogP contribution >= 0.6 is 0 Å². The minimum Gasteiger partial charge on any atom is -0.481 e. The number of guanidine groups is 1. The SMILES string of the molecule is CCNC(=NCc1ccc(OC)nc1)NCc1ccccc1Cn1cccn1. The van der Waals surface area contributed by atoms with E-state index in [0.717, 1.165) is 24.6 Å². The zero-order chi connectivity index (χ0) is 19.6. The number of rotatable bonds is 8. The first-order valence-electron chi connectivity index (χ1n) is 9.33. The molecular formula is C21H26N6O. The number of ether oxygens (including phenoxy) is 1. The Morgan fingerprint density at radius 3 is 2.64 bits per heavy atom. The summed E-state index contributed by atoms with van der Waals surface area (Å²) in [4.78, 5) is 8.88. The van der Waals surface area contributed by atoms with Crippen LogP contribution in [-0.2, 0) is 19.6 Å². The molecule has 0 amide bonds. The fraction of sp³-hybridized carbons (Fsp3) is 0.286. The van der Waals surface area contributed by atoms with Crippen LogP contribution in [0.3, 0.4) is 0 Å². The van der Waals surface area contributed by atoms with E-state index in [1.165, 1.54) is 11.1 Å². The molecule has 28 heavy (non-hydrogen) atoms. The van der Waals surface area contributed by atoms with Crippen molar-refractivity contribution < 1.29 is 4.74 Å². The highest BCUT2D eigenvalue weighted by Gasteiger charge is 2.05. The van der Waals surface area contributed by atoms with Crippen LogP contribution in [0.4, 0.5) is 0 Å². The van der Waals surface area contributed by atoms with Crippen molar-refractivity contribution in [2.45, 2.75) is 26.6 Å². The van der Waals surface area contributed by atoms with Gasteiger partial charge in [0.05, 0.1) is 20.2 Å². The fourth-order valence-corrected chi connectivity index (χ4v) is 2.77. The van der Waals surface area contributed by atoms with Crippen molar-refractivity contribution >= 4 is 5.96 Å². The van der Waals surface area contributed by atoms with Gasteiger partial charge in [-0.05, 0) is 29.7 Å². The molecule has 0 fully saturated rings. The third-order valence-electron chi connectivity index (χ3n) is 4.23. The van der Waals surface area contributed by atoms with Gasteiger partial charge in [0.15, 0.2) is 5.96 Å². The number of hydrogen-bond acceptors (Lipinski definition) is 4. The molecule has 2 N–H and O–H groups in total. The van der Waals surface area contributed by atoms with E-state index >= 15 is 0 Å². The summed E-state index contributed by atoms with van der Waals surface area (Å²) < 4.78 is 7.02. The topological polar surface area (TPSA) is 76.4 Å². The van der Waals surface area contributed by atoms with Crippen molar-refractivity contribution in [3.63, 3.8) is 0 Å². The van der Waals surface area contributed by atoms with Gasteiger partial charge in [-0.3, -0.25) is 4.68 Å². The number of methoxy groups -OCH3 is 1. The normalized spacial score (nSPS) is 11.3. The zero-order valence-electron chi connectivity index (χ0n) is 16.3. The van der Waals surface area contributed by atoms with E-state index in [2.05, 4.69) is 56.9 Å². The number of nitrogens with one attached hydrogen (secondary N) is 2. The van der Waals surface area contributed by atoms with Crippen LogP contribution in [0.1, 0.15) is 23.6 Å². The maximum atomic E-state index is 5.09. The van der Waals surface area contributed by atoms with Crippen LogP contribution < -0.4 is 15.4 Å². The first kappa shape index (κ1) is 19.4. The predicted molar refractivity (Wildman–Crippen MR) is 110 cm³/mol. The molecule has 0 saturated carbocycles. The second kappa shape index (κ2) is 10.1. The highest BCUT2D eigenvalue weighted by molar-refractivity contribution is 5.79. The molecule has 3 rings (SSSR count). The van der Waals surface area contributed by atoms with Gasteiger partial charge in [0, 0.05) is 37.7 Å². The van der Waals surface area contributed by atoms with E-state index in [0.29, 0.717) is 19.0 Å². The molecule has 2 aromatic heterocycles. The van der Waals surface area contributed by atoms with Crippen LogP contribution in [0.5, 0.6) is 5.88 Å². The van der Waals surface area contributed by atoms with E-state index in [-0.39, 0.29) is 0 Å². The van der Waals surface area contributed by atoms with Crippen LogP contribution in [0.2, 0.25) is 0 Å². The molecule has 1 aromatic carbocycles. The highest BCUT2D eigenvalue weighted by Crippen LogP contribution is 2.11. The van der Waals surface area contributed by atoms with Gasteiger partial charge in [-0.1, -0.05) is 30.3 Å². The first-order chi connectivity index (χ1) is 13.8.